The minimum Gasteiger partial charge on any atom is -0.453 e. The maximum atomic E-state index is 6.70. The maximum absolute atomic E-state index is 6.70. The van der Waals surface area contributed by atoms with Crippen LogP contribution in [0.15, 0.2) is 138 Å². The van der Waals surface area contributed by atoms with Gasteiger partial charge in [0.25, 0.3) is 0 Å². The lowest BCUT2D eigenvalue weighted by Gasteiger charge is -2.09. The molecule has 0 aliphatic carbocycles. The second-order valence-corrected chi connectivity index (χ2v) is 9.07. The molecule has 1 N–H and O–H groups in total. The number of fused-ring (bicyclic) bond motifs is 5. The van der Waals surface area contributed by atoms with Crippen molar-refractivity contribution in [3.8, 4) is 22.3 Å². The summed E-state index contributed by atoms with van der Waals surface area (Å²) in [5.41, 5.74) is 8.40. The van der Waals surface area contributed by atoms with E-state index >= 15 is 0 Å². The van der Waals surface area contributed by atoms with Crippen molar-refractivity contribution in [2.24, 2.45) is 0 Å². The van der Waals surface area contributed by atoms with Gasteiger partial charge in [-0.15, -0.1) is 0 Å². The molecular weight excluding hydrogens is 438 g/mol. The molecule has 1 heterocycles. The lowest BCUT2D eigenvalue weighted by atomic mass is 9.96. The molecule has 0 unspecified atom stereocenters. The average Bonchev–Trinajstić information content (AvgIpc) is 3.35. The van der Waals surface area contributed by atoms with Gasteiger partial charge >= 0.3 is 0 Å². The molecule has 170 valence electrons. The van der Waals surface area contributed by atoms with Crippen LogP contribution >= 0.6 is 0 Å². The Bertz CT molecular complexity index is 1850. The van der Waals surface area contributed by atoms with E-state index < -0.39 is 0 Å². The van der Waals surface area contributed by atoms with Crippen LogP contribution in [-0.2, 0) is 0 Å². The standard InChI is InChI=1S/C34H23NO/c1-3-11-23(12-4-1)25-16-9-17-27(21-25)35-31-20-10-19-29-32-28-18-8-7-15-26(28)22-30(34(32)36-33(29)31)24-13-5-2-6-14-24/h1-22,35H. The molecule has 36 heavy (non-hydrogen) atoms. The van der Waals surface area contributed by atoms with Crippen molar-refractivity contribution in [1.82, 2.24) is 0 Å². The zero-order chi connectivity index (χ0) is 23.9. The Morgan fingerprint density at radius 3 is 1.97 bits per heavy atom. The quantitative estimate of drug-likeness (QED) is 0.282. The van der Waals surface area contributed by atoms with E-state index in [-0.39, 0.29) is 0 Å². The van der Waals surface area contributed by atoms with E-state index in [4.69, 9.17) is 4.42 Å². The molecule has 0 aliphatic rings. The molecule has 0 saturated carbocycles. The van der Waals surface area contributed by atoms with Crippen LogP contribution in [-0.4, -0.2) is 0 Å². The van der Waals surface area contributed by atoms with Crippen molar-refractivity contribution in [2.75, 3.05) is 5.32 Å². The number of anilines is 2. The van der Waals surface area contributed by atoms with E-state index in [1.807, 2.05) is 12.1 Å². The molecule has 0 atom stereocenters. The summed E-state index contributed by atoms with van der Waals surface area (Å²) >= 11 is 0. The Labute approximate surface area is 209 Å². The van der Waals surface area contributed by atoms with Crippen LogP contribution in [0.3, 0.4) is 0 Å². The van der Waals surface area contributed by atoms with Gasteiger partial charge in [-0.25, -0.2) is 0 Å². The molecule has 7 rings (SSSR count). The van der Waals surface area contributed by atoms with E-state index in [1.54, 1.807) is 0 Å². The Hall–Kier alpha value is -4.82. The monoisotopic (exact) mass is 461 g/mol. The van der Waals surface area contributed by atoms with Crippen LogP contribution in [0, 0.1) is 0 Å². The second-order valence-electron chi connectivity index (χ2n) is 9.07. The summed E-state index contributed by atoms with van der Waals surface area (Å²) in [7, 11) is 0. The Morgan fingerprint density at radius 2 is 1.14 bits per heavy atom. The fourth-order valence-electron chi connectivity index (χ4n) is 5.14. The van der Waals surface area contributed by atoms with Gasteiger partial charge in [-0.05, 0) is 51.7 Å². The largest absolute Gasteiger partial charge is 0.453 e. The minimum absolute atomic E-state index is 0.867. The summed E-state index contributed by atoms with van der Waals surface area (Å²) in [4.78, 5) is 0. The van der Waals surface area contributed by atoms with Gasteiger partial charge < -0.3 is 9.73 Å². The third kappa shape index (κ3) is 3.43. The SMILES string of the molecule is c1ccc(-c2cccc(Nc3cccc4c3oc3c(-c5ccccc5)cc5ccccc5c34)c2)cc1. The number of furan rings is 1. The van der Waals surface area contributed by atoms with Gasteiger partial charge in [0, 0.05) is 22.0 Å². The summed E-state index contributed by atoms with van der Waals surface area (Å²) < 4.78 is 6.70. The molecule has 0 aliphatic heterocycles. The number of nitrogens with one attached hydrogen (secondary N) is 1. The third-order valence-electron chi connectivity index (χ3n) is 6.82. The van der Waals surface area contributed by atoms with Gasteiger partial charge in [0.2, 0.25) is 0 Å². The fourth-order valence-corrected chi connectivity index (χ4v) is 5.14. The summed E-state index contributed by atoms with van der Waals surface area (Å²) in [5, 5.41) is 8.31. The number of para-hydroxylation sites is 1. The zero-order valence-corrected chi connectivity index (χ0v) is 19.6. The molecule has 0 bridgehead atoms. The normalized spacial score (nSPS) is 11.3. The van der Waals surface area contributed by atoms with E-state index in [1.165, 1.54) is 21.9 Å². The van der Waals surface area contributed by atoms with Crippen LogP contribution in [0.5, 0.6) is 0 Å². The zero-order valence-electron chi connectivity index (χ0n) is 19.6. The van der Waals surface area contributed by atoms with Crippen LogP contribution in [0.1, 0.15) is 0 Å². The van der Waals surface area contributed by atoms with Crippen molar-refractivity contribution >= 4 is 44.1 Å². The predicted molar refractivity (Wildman–Crippen MR) is 152 cm³/mol. The van der Waals surface area contributed by atoms with Crippen LogP contribution in [0.4, 0.5) is 11.4 Å². The van der Waals surface area contributed by atoms with Crippen molar-refractivity contribution in [3.63, 3.8) is 0 Å². The highest BCUT2D eigenvalue weighted by atomic mass is 16.3. The van der Waals surface area contributed by atoms with Gasteiger partial charge in [0.15, 0.2) is 5.58 Å². The summed E-state index contributed by atoms with van der Waals surface area (Å²) in [6, 6.07) is 46.6. The highest BCUT2D eigenvalue weighted by Gasteiger charge is 2.18. The molecule has 0 amide bonds. The first kappa shape index (κ1) is 20.5. The predicted octanol–water partition coefficient (Wildman–Crippen LogP) is 9.82. The van der Waals surface area contributed by atoms with Crippen molar-refractivity contribution in [1.29, 1.82) is 0 Å². The van der Waals surface area contributed by atoms with E-state index in [9.17, 15) is 0 Å². The average molecular weight is 462 g/mol. The number of benzene rings is 6. The first-order valence-corrected chi connectivity index (χ1v) is 12.2. The smallest absolute Gasteiger partial charge is 0.158 e. The summed E-state index contributed by atoms with van der Waals surface area (Å²) in [5.74, 6) is 0. The second kappa shape index (κ2) is 8.44. The maximum Gasteiger partial charge on any atom is 0.158 e. The van der Waals surface area contributed by atoms with Crippen LogP contribution in [0.2, 0.25) is 0 Å². The fraction of sp³-hybridized carbons (Fsp3) is 0. The first-order valence-electron chi connectivity index (χ1n) is 12.2. The number of hydrogen-bond acceptors (Lipinski definition) is 2. The van der Waals surface area contributed by atoms with E-state index in [0.717, 1.165) is 44.4 Å². The Morgan fingerprint density at radius 1 is 0.472 bits per heavy atom. The topological polar surface area (TPSA) is 25.2 Å². The molecule has 6 aromatic carbocycles. The minimum atomic E-state index is 0.867. The lowest BCUT2D eigenvalue weighted by Crippen LogP contribution is -1.91. The molecule has 0 saturated heterocycles. The Balaban J connectivity index is 1.43. The van der Waals surface area contributed by atoms with Gasteiger partial charge in [0.05, 0.1) is 5.69 Å². The molecule has 1 aromatic heterocycles. The molecule has 0 fully saturated rings. The molecule has 0 spiro atoms. The van der Waals surface area contributed by atoms with Crippen molar-refractivity contribution in [3.05, 3.63) is 133 Å². The van der Waals surface area contributed by atoms with Gasteiger partial charge in [0.1, 0.15) is 5.58 Å². The third-order valence-corrected chi connectivity index (χ3v) is 6.82. The molecule has 0 radical (unpaired) electrons. The highest BCUT2D eigenvalue weighted by Crippen LogP contribution is 2.43. The van der Waals surface area contributed by atoms with Gasteiger partial charge in [-0.1, -0.05) is 109 Å². The van der Waals surface area contributed by atoms with E-state index in [0.29, 0.717) is 0 Å². The Kier molecular flexibility index (Phi) is 4.82. The van der Waals surface area contributed by atoms with Gasteiger partial charge in [-0.2, -0.15) is 0 Å². The summed E-state index contributed by atoms with van der Waals surface area (Å²) in [6.45, 7) is 0. The molecule has 2 nitrogen and oxygen atoms in total. The van der Waals surface area contributed by atoms with E-state index in [2.05, 4.69) is 127 Å². The molecular formula is C34H23NO. The van der Waals surface area contributed by atoms with Crippen molar-refractivity contribution in [2.45, 2.75) is 0 Å². The van der Waals surface area contributed by atoms with Gasteiger partial charge in [-0.3, -0.25) is 0 Å². The van der Waals surface area contributed by atoms with Crippen molar-refractivity contribution < 1.29 is 4.42 Å². The van der Waals surface area contributed by atoms with Crippen LogP contribution in [0.25, 0.3) is 55.0 Å². The molecule has 2 heteroatoms. The highest BCUT2D eigenvalue weighted by molar-refractivity contribution is 6.23. The molecule has 7 aromatic rings. The number of hydrogen-bond donors (Lipinski definition) is 1. The summed E-state index contributed by atoms with van der Waals surface area (Å²) in [6.07, 6.45) is 0. The van der Waals surface area contributed by atoms with Crippen LogP contribution < -0.4 is 5.32 Å². The first-order chi connectivity index (χ1) is 17.8. The lowest BCUT2D eigenvalue weighted by molar-refractivity contribution is 0.671. The number of rotatable bonds is 4.